The highest BCUT2D eigenvalue weighted by molar-refractivity contribution is 7.18. The van der Waals surface area contributed by atoms with E-state index < -0.39 is 5.97 Å². The molecule has 1 aromatic heterocycles. The molecule has 82 valence electrons. The van der Waals surface area contributed by atoms with Crippen molar-refractivity contribution in [1.29, 1.82) is 0 Å². The van der Waals surface area contributed by atoms with Crippen LogP contribution in [-0.2, 0) is 4.79 Å². The molecule has 0 fully saturated rings. The van der Waals surface area contributed by atoms with Gasteiger partial charge in [-0.15, -0.1) is 11.3 Å². The van der Waals surface area contributed by atoms with Crippen LogP contribution in [0.3, 0.4) is 0 Å². The monoisotopic (exact) mass is 272 g/mol. The van der Waals surface area contributed by atoms with Gasteiger partial charge in [-0.1, -0.05) is 23.2 Å². The number of benzene rings is 1. The van der Waals surface area contributed by atoms with Crippen LogP contribution in [0.1, 0.15) is 5.56 Å². The van der Waals surface area contributed by atoms with Crippen molar-refractivity contribution in [1.82, 2.24) is 0 Å². The van der Waals surface area contributed by atoms with Crippen molar-refractivity contribution in [3.05, 3.63) is 39.2 Å². The lowest BCUT2D eigenvalue weighted by molar-refractivity contribution is -0.131. The number of thiophene rings is 1. The van der Waals surface area contributed by atoms with Gasteiger partial charge < -0.3 is 5.11 Å². The van der Waals surface area contributed by atoms with Crippen LogP contribution in [-0.4, -0.2) is 11.1 Å². The van der Waals surface area contributed by atoms with Gasteiger partial charge in [-0.25, -0.2) is 4.79 Å². The molecular formula is C11H6Cl2O2S. The highest BCUT2D eigenvalue weighted by Gasteiger charge is 2.09. The van der Waals surface area contributed by atoms with Crippen LogP contribution >= 0.6 is 34.5 Å². The smallest absolute Gasteiger partial charge is 0.328 e. The largest absolute Gasteiger partial charge is 0.478 e. The van der Waals surface area contributed by atoms with Gasteiger partial charge in [0.05, 0.1) is 14.7 Å². The zero-order chi connectivity index (χ0) is 11.7. The number of fused-ring (bicyclic) bond motifs is 1. The second-order valence-electron chi connectivity index (χ2n) is 3.10. The molecule has 0 amide bonds. The Labute approximate surface area is 106 Å². The normalized spacial score (nSPS) is 11.4. The van der Waals surface area contributed by atoms with Crippen molar-refractivity contribution < 1.29 is 9.90 Å². The Balaban J connectivity index is 2.61. The molecule has 0 radical (unpaired) electrons. The topological polar surface area (TPSA) is 37.3 Å². The molecule has 1 aromatic carbocycles. The van der Waals surface area contributed by atoms with Crippen molar-refractivity contribution in [2.24, 2.45) is 0 Å². The summed E-state index contributed by atoms with van der Waals surface area (Å²) in [5.41, 5.74) is 0.611. The summed E-state index contributed by atoms with van der Waals surface area (Å²) in [5.74, 6) is -1.02. The van der Waals surface area contributed by atoms with E-state index >= 15 is 0 Å². The number of hydrogen-bond acceptors (Lipinski definition) is 2. The van der Waals surface area contributed by atoms with Gasteiger partial charge in [-0.2, -0.15) is 0 Å². The van der Waals surface area contributed by atoms with Crippen LogP contribution in [0.4, 0.5) is 0 Å². The first-order valence-electron chi connectivity index (χ1n) is 4.36. The molecule has 0 atom stereocenters. The van der Waals surface area contributed by atoms with Crippen molar-refractivity contribution in [3.63, 3.8) is 0 Å². The molecule has 5 heteroatoms. The lowest BCUT2D eigenvalue weighted by Crippen LogP contribution is -1.86. The SMILES string of the molecule is O=C(O)C=Cc1cc2ccsc2c(Cl)c1Cl. The Morgan fingerprint density at radius 2 is 2.12 bits per heavy atom. The van der Waals surface area contributed by atoms with Crippen LogP contribution in [0.5, 0.6) is 0 Å². The van der Waals surface area contributed by atoms with Crippen molar-refractivity contribution >= 4 is 56.7 Å². The fraction of sp³-hybridized carbons (Fsp3) is 0. The van der Waals surface area contributed by atoms with Crippen LogP contribution in [0.2, 0.25) is 10.0 Å². The highest BCUT2D eigenvalue weighted by Crippen LogP contribution is 2.37. The molecule has 1 N–H and O–H groups in total. The average Bonchev–Trinajstić information content (AvgIpc) is 2.69. The zero-order valence-corrected chi connectivity index (χ0v) is 10.2. The fourth-order valence-electron chi connectivity index (χ4n) is 1.35. The van der Waals surface area contributed by atoms with E-state index in [0.717, 1.165) is 16.2 Å². The van der Waals surface area contributed by atoms with E-state index in [2.05, 4.69) is 0 Å². The van der Waals surface area contributed by atoms with Gasteiger partial charge in [0.25, 0.3) is 0 Å². The number of hydrogen-bond donors (Lipinski definition) is 1. The quantitative estimate of drug-likeness (QED) is 0.828. The molecule has 0 aliphatic carbocycles. The Hall–Kier alpha value is -1.03. The predicted molar refractivity (Wildman–Crippen MR) is 68.5 cm³/mol. The third-order valence-electron chi connectivity index (χ3n) is 2.06. The minimum absolute atomic E-state index is 0.383. The van der Waals surface area contributed by atoms with E-state index in [4.69, 9.17) is 28.3 Å². The third kappa shape index (κ3) is 2.07. The molecule has 2 nitrogen and oxygen atoms in total. The van der Waals surface area contributed by atoms with Crippen LogP contribution in [0.25, 0.3) is 16.2 Å². The molecule has 2 aromatic rings. The van der Waals surface area contributed by atoms with E-state index in [0.29, 0.717) is 15.6 Å². The van der Waals surface area contributed by atoms with E-state index in [9.17, 15) is 4.79 Å². The number of carboxylic acid groups (broad SMARTS) is 1. The summed E-state index contributed by atoms with van der Waals surface area (Å²) in [6.45, 7) is 0. The molecular weight excluding hydrogens is 267 g/mol. The van der Waals surface area contributed by atoms with E-state index in [-0.39, 0.29) is 0 Å². The first-order valence-corrected chi connectivity index (χ1v) is 5.99. The first-order chi connectivity index (χ1) is 7.59. The molecule has 0 aliphatic rings. The van der Waals surface area contributed by atoms with E-state index in [1.807, 2.05) is 17.5 Å². The molecule has 0 saturated heterocycles. The molecule has 0 bridgehead atoms. The molecule has 0 saturated carbocycles. The Morgan fingerprint density at radius 3 is 2.81 bits per heavy atom. The van der Waals surface area contributed by atoms with Crippen LogP contribution in [0.15, 0.2) is 23.6 Å². The van der Waals surface area contributed by atoms with Crippen molar-refractivity contribution in [2.45, 2.75) is 0 Å². The number of rotatable bonds is 2. The average molecular weight is 273 g/mol. The molecule has 0 aliphatic heterocycles. The van der Waals surface area contributed by atoms with Gasteiger partial charge in [0, 0.05) is 6.08 Å². The summed E-state index contributed by atoms with van der Waals surface area (Å²) in [6.07, 6.45) is 2.48. The minimum Gasteiger partial charge on any atom is -0.478 e. The number of halogens is 2. The van der Waals surface area contributed by atoms with Gasteiger partial charge in [0.2, 0.25) is 0 Å². The molecule has 0 spiro atoms. The molecule has 0 unspecified atom stereocenters. The molecule has 16 heavy (non-hydrogen) atoms. The van der Waals surface area contributed by atoms with Gasteiger partial charge in [0.1, 0.15) is 0 Å². The Kier molecular flexibility index (Phi) is 3.19. The van der Waals surface area contributed by atoms with E-state index in [1.54, 1.807) is 0 Å². The summed E-state index contributed by atoms with van der Waals surface area (Å²) in [7, 11) is 0. The van der Waals surface area contributed by atoms with Gasteiger partial charge in [-0.05, 0) is 34.5 Å². The Bertz CT molecular complexity index is 587. The van der Waals surface area contributed by atoms with Gasteiger partial charge in [0.15, 0.2) is 0 Å². The maximum atomic E-state index is 10.4. The van der Waals surface area contributed by atoms with Crippen LogP contribution in [0, 0.1) is 0 Å². The third-order valence-corrected chi connectivity index (χ3v) is 4.00. The van der Waals surface area contributed by atoms with Crippen molar-refractivity contribution in [2.75, 3.05) is 0 Å². The number of aliphatic carboxylic acids is 1. The number of carbonyl (C=O) groups is 1. The summed E-state index contributed by atoms with van der Waals surface area (Å²) in [5, 5.41) is 12.3. The minimum atomic E-state index is -1.02. The highest BCUT2D eigenvalue weighted by atomic mass is 35.5. The maximum absolute atomic E-state index is 10.4. The van der Waals surface area contributed by atoms with Crippen molar-refractivity contribution in [3.8, 4) is 0 Å². The lowest BCUT2D eigenvalue weighted by Gasteiger charge is -2.02. The predicted octanol–water partition coefficient (Wildman–Crippen LogP) is 4.31. The molecule has 2 rings (SSSR count). The van der Waals surface area contributed by atoms with Gasteiger partial charge in [-0.3, -0.25) is 0 Å². The second kappa shape index (κ2) is 4.45. The zero-order valence-electron chi connectivity index (χ0n) is 7.91. The summed E-state index contributed by atoms with van der Waals surface area (Å²) >= 11 is 13.6. The van der Waals surface area contributed by atoms with Crippen LogP contribution < -0.4 is 0 Å². The van der Waals surface area contributed by atoms with E-state index in [1.165, 1.54) is 17.4 Å². The lowest BCUT2D eigenvalue weighted by atomic mass is 10.1. The molecule has 1 heterocycles. The summed E-state index contributed by atoms with van der Waals surface area (Å²) in [6, 6.07) is 3.74. The second-order valence-corrected chi connectivity index (χ2v) is 4.78. The first kappa shape index (κ1) is 11.5. The summed E-state index contributed by atoms with van der Waals surface area (Å²) < 4.78 is 0.916. The standard InChI is InChI=1S/C11H6Cl2O2S/c12-9-6(1-2-8(14)15)5-7-3-4-16-11(7)10(9)13/h1-5H,(H,14,15). The summed E-state index contributed by atoms with van der Waals surface area (Å²) in [4.78, 5) is 10.4. The maximum Gasteiger partial charge on any atom is 0.328 e. The Morgan fingerprint density at radius 1 is 1.38 bits per heavy atom. The fourth-order valence-corrected chi connectivity index (χ4v) is 2.79. The number of carboxylic acids is 1. The van der Waals surface area contributed by atoms with Gasteiger partial charge >= 0.3 is 5.97 Å².